The van der Waals surface area contributed by atoms with Gasteiger partial charge < -0.3 is 15.2 Å². The number of carboxylic acids is 1. The number of hydrogen-bond donors (Lipinski definition) is 2. The van der Waals surface area contributed by atoms with Crippen molar-refractivity contribution in [2.24, 2.45) is 0 Å². The lowest BCUT2D eigenvalue weighted by molar-refractivity contribution is -0.139. The highest BCUT2D eigenvalue weighted by atomic mass is 16.5. The molecule has 0 bridgehead atoms. The molecule has 4 heteroatoms. The van der Waals surface area contributed by atoms with E-state index in [4.69, 9.17) is 9.84 Å². The predicted octanol–water partition coefficient (Wildman–Crippen LogP) is 2.47. The van der Waals surface area contributed by atoms with Crippen molar-refractivity contribution in [3.8, 4) is 5.75 Å². The van der Waals surface area contributed by atoms with E-state index in [0.717, 1.165) is 18.6 Å². The number of aliphatic carboxylic acids is 1. The molecule has 0 aliphatic carbocycles. The Balaban J connectivity index is 2.52. The maximum atomic E-state index is 11.1. The molecule has 0 spiro atoms. The lowest BCUT2D eigenvalue weighted by Crippen LogP contribution is -2.42. The molecule has 0 fully saturated rings. The third-order valence-corrected chi connectivity index (χ3v) is 3.06. The molecule has 0 radical (unpaired) electrons. The second-order valence-corrected chi connectivity index (χ2v) is 4.80. The van der Waals surface area contributed by atoms with Crippen LogP contribution in [0.25, 0.3) is 0 Å². The van der Waals surface area contributed by atoms with Crippen molar-refractivity contribution in [1.29, 1.82) is 0 Å². The van der Waals surface area contributed by atoms with Crippen molar-refractivity contribution < 1.29 is 14.6 Å². The standard InChI is InChI=1S/C15H23NO3/c1-4-5-14(15(17)18)16-11(2)10-12-6-8-13(19-3)9-7-12/h6-9,11,14,16H,4-5,10H2,1-3H3,(H,17,18). The summed E-state index contributed by atoms with van der Waals surface area (Å²) < 4.78 is 5.11. The summed E-state index contributed by atoms with van der Waals surface area (Å²) in [6, 6.07) is 7.52. The van der Waals surface area contributed by atoms with Crippen molar-refractivity contribution in [3.05, 3.63) is 29.8 Å². The number of rotatable bonds is 8. The Morgan fingerprint density at radius 3 is 2.47 bits per heavy atom. The van der Waals surface area contributed by atoms with Crippen molar-refractivity contribution in [2.75, 3.05) is 7.11 Å². The molecular weight excluding hydrogens is 242 g/mol. The van der Waals surface area contributed by atoms with E-state index in [-0.39, 0.29) is 6.04 Å². The molecule has 0 aromatic heterocycles. The second kappa shape index (κ2) is 7.79. The van der Waals surface area contributed by atoms with E-state index in [0.29, 0.717) is 6.42 Å². The number of hydrogen-bond acceptors (Lipinski definition) is 3. The zero-order valence-corrected chi connectivity index (χ0v) is 11.8. The molecule has 0 saturated heterocycles. The fraction of sp³-hybridized carbons (Fsp3) is 0.533. The summed E-state index contributed by atoms with van der Waals surface area (Å²) in [7, 11) is 1.64. The predicted molar refractivity (Wildman–Crippen MR) is 75.6 cm³/mol. The van der Waals surface area contributed by atoms with Crippen LogP contribution in [0.2, 0.25) is 0 Å². The number of carboxylic acid groups (broad SMARTS) is 1. The Kier molecular flexibility index (Phi) is 6.36. The van der Waals surface area contributed by atoms with Crippen molar-refractivity contribution in [1.82, 2.24) is 5.32 Å². The van der Waals surface area contributed by atoms with Crippen LogP contribution in [0.15, 0.2) is 24.3 Å². The minimum atomic E-state index is -0.775. The fourth-order valence-corrected chi connectivity index (χ4v) is 2.08. The molecule has 4 nitrogen and oxygen atoms in total. The van der Waals surface area contributed by atoms with E-state index >= 15 is 0 Å². The van der Waals surface area contributed by atoms with Gasteiger partial charge in [-0.3, -0.25) is 4.79 Å². The Morgan fingerprint density at radius 2 is 2.00 bits per heavy atom. The summed E-state index contributed by atoms with van der Waals surface area (Å²) in [5.41, 5.74) is 1.17. The van der Waals surface area contributed by atoms with Crippen LogP contribution in [0, 0.1) is 0 Å². The van der Waals surface area contributed by atoms with E-state index in [1.165, 1.54) is 5.56 Å². The van der Waals surface area contributed by atoms with E-state index in [9.17, 15) is 4.79 Å². The van der Waals surface area contributed by atoms with Crippen LogP contribution in [0.4, 0.5) is 0 Å². The van der Waals surface area contributed by atoms with Gasteiger partial charge in [0, 0.05) is 6.04 Å². The number of methoxy groups -OCH3 is 1. The summed E-state index contributed by atoms with van der Waals surface area (Å²) in [5, 5.41) is 12.3. The van der Waals surface area contributed by atoms with Gasteiger partial charge >= 0.3 is 5.97 Å². The highest BCUT2D eigenvalue weighted by molar-refractivity contribution is 5.73. The number of carbonyl (C=O) groups is 1. The van der Waals surface area contributed by atoms with Crippen LogP contribution in [0.5, 0.6) is 5.75 Å². The van der Waals surface area contributed by atoms with Crippen LogP contribution < -0.4 is 10.1 Å². The Labute approximate surface area is 114 Å². The molecule has 0 saturated carbocycles. The van der Waals surface area contributed by atoms with Crippen molar-refractivity contribution in [2.45, 2.75) is 45.2 Å². The largest absolute Gasteiger partial charge is 0.497 e. The van der Waals surface area contributed by atoms with Gasteiger partial charge in [-0.05, 0) is 37.5 Å². The zero-order chi connectivity index (χ0) is 14.3. The van der Waals surface area contributed by atoms with Crippen molar-refractivity contribution >= 4 is 5.97 Å². The molecule has 2 unspecified atom stereocenters. The molecule has 2 atom stereocenters. The highest BCUT2D eigenvalue weighted by Gasteiger charge is 2.18. The SMILES string of the molecule is CCCC(NC(C)Cc1ccc(OC)cc1)C(=O)O. The number of ether oxygens (including phenoxy) is 1. The fourth-order valence-electron chi connectivity index (χ4n) is 2.08. The number of nitrogens with one attached hydrogen (secondary N) is 1. The molecule has 0 aliphatic rings. The van der Waals surface area contributed by atoms with Gasteiger partial charge in [0.1, 0.15) is 11.8 Å². The van der Waals surface area contributed by atoms with Crippen LogP contribution in [-0.4, -0.2) is 30.3 Å². The van der Waals surface area contributed by atoms with Crippen LogP contribution >= 0.6 is 0 Å². The average molecular weight is 265 g/mol. The lowest BCUT2D eigenvalue weighted by Gasteiger charge is -2.20. The first kappa shape index (κ1) is 15.5. The van der Waals surface area contributed by atoms with Crippen molar-refractivity contribution in [3.63, 3.8) is 0 Å². The summed E-state index contributed by atoms with van der Waals surface area (Å²) >= 11 is 0. The molecular formula is C15H23NO3. The molecule has 0 heterocycles. The first-order valence-electron chi connectivity index (χ1n) is 6.68. The van der Waals surface area contributed by atoms with Crippen LogP contribution in [0.3, 0.4) is 0 Å². The normalized spacial score (nSPS) is 13.8. The van der Waals surface area contributed by atoms with E-state index in [1.54, 1.807) is 7.11 Å². The minimum absolute atomic E-state index is 0.126. The lowest BCUT2D eigenvalue weighted by atomic mass is 10.0. The molecule has 1 aromatic rings. The molecule has 19 heavy (non-hydrogen) atoms. The topological polar surface area (TPSA) is 58.6 Å². The Bertz CT molecular complexity index is 389. The van der Waals surface area contributed by atoms with E-state index in [2.05, 4.69) is 5.32 Å². The van der Waals surface area contributed by atoms with Gasteiger partial charge in [-0.15, -0.1) is 0 Å². The Hall–Kier alpha value is -1.55. The highest BCUT2D eigenvalue weighted by Crippen LogP contribution is 2.13. The van der Waals surface area contributed by atoms with Gasteiger partial charge in [-0.1, -0.05) is 25.5 Å². The summed E-state index contributed by atoms with van der Waals surface area (Å²) in [6.45, 7) is 4.00. The summed E-state index contributed by atoms with van der Waals surface area (Å²) in [4.78, 5) is 11.1. The molecule has 106 valence electrons. The molecule has 2 N–H and O–H groups in total. The third-order valence-electron chi connectivity index (χ3n) is 3.06. The maximum absolute atomic E-state index is 11.1. The van der Waals surface area contributed by atoms with Gasteiger partial charge in [0.05, 0.1) is 7.11 Å². The van der Waals surface area contributed by atoms with Gasteiger partial charge in [0.2, 0.25) is 0 Å². The summed E-state index contributed by atoms with van der Waals surface area (Å²) in [6.07, 6.45) is 2.32. The molecule has 1 rings (SSSR count). The van der Waals surface area contributed by atoms with Crippen LogP contribution in [-0.2, 0) is 11.2 Å². The van der Waals surface area contributed by atoms with Crippen LogP contribution in [0.1, 0.15) is 32.3 Å². The quantitative estimate of drug-likeness (QED) is 0.758. The van der Waals surface area contributed by atoms with Gasteiger partial charge in [0.15, 0.2) is 0 Å². The smallest absolute Gasteiger partial charge is 0.320 e. The average Bonchev–Trinajstić information content (AvgIpc) is 2.39. The first-order valence-corrected chi connectivity index (χ1v) is 6.68. The van der Waals surface area contributed by atoms with E-state index < -0.39 is 12.0 Å². The molecule has 1 aromatic carbocycles. The van der Waals surface area contributed by atoms with Gasteiger partial charge in [-0.25, -0.2) is 0 Å². The third kappa shape index (κ3) is 5.30. The zero-order valence-electron chi connectivity index (χ0n) is 11.8. The number of benzene rings is 1. The van der Waals surface area contributed by atoms with Gasteiger partial charge in [-0.2, -0.15) is 0 Å². The minimum Gasteiger partial charge on any atom is -0.497 e. The monoisotopic (exact) mass is 265 g/mol. The Morgan fingerprint density at radius 1 is 1.37 bits per heavy atom. The van der Waals surface area contributed by atoms with E-state index in [1.807, 2.05) is 38.1 Å². The maximum Gasteiger partial charge on any atom is 0.320 e. The van der Waals surface area contributed by atoms with Gasteiger partial charge in [0.25, 0.3) is 0 Å². The molecule has 0 aliphatic heterocycles. The molecule has 0 amide bonds. The first-order chi connectivity index (χ1) is 9.06. The summed E-state index contributed by atoms with van der Waals surface area (Å²) in [5.74, 6) is 0.0576. The second-order valence-electron chi connectivity index (χ2n) is 4.80.